The highest BCUT2D eigenvalue weighted by Gasteiger charge is 2.27. The van der Waals surface area contributed by atoms with Crippen molar-refractivity contribution in [1.82, 2.24) is 30.0 Å². The van der Waals surface area contributed by atoms with Crippen LogP contribution in [0, 0.1) is 13.8 Å². The number of amides is 1. The van der Waals surface area contributed by atoms with E-state index in [-0.39, 0.29) is 17.2 Å². The van der Waals surface area contributed by atoms with Gasteiger partial charge in [-0.1, -0.05) is 17.7 Å². The standard InChI is InChI=1S/C26H28F3N7O3S/c1-16-3-6-21(17(2)13-16)40(39)25-23-31-24(38)19-5-4-18(14-20(19)36(23)33-32-25)35-11-9-34(10-12-35)15-22(37)30-8-7-26(27,28)29/h3-6,13-14,33H,7-12,15H2,1-2H3,(H,30,37). The first-order valence-electron chi connectivity index (χ1n) is 12.7. The largest absolute Gasteiger partial charge is 0.390 e. The fourth-order valence-corrected chi connectivity index (χ4v) is 5.97. The van der Waals surface area contributed by atoms with E-state index in [1.807, 2.05) is 43.0 Å². The number of piperazine rings is 1. The summed E-state index contributed by atoms with van der Waals surface area (Å²) < 4.78 is 51.9. The van der Waals surface area contributed by atoms with E-state index in [0.29, 0.717) is 42.0 Å². The molecule has 1 amide bonds. The molecule has 5 rings (SSSR count). The number of aryl methyl sites for hydroxylation is 2. The number of carbonyl (C=O) groups is 1. The van der Waals surface area contributed by atoms with Crippen molar-refractivity contribution in [3.05, 3.63) is 57.9 Å². The number of anilines is 1. The molecule has 0 aliphatic carbocycles. The lowest BCUT2D eigenvalue weighted by atomic mass is 10.2. The maximum absolute atomic E-state index is 13.4. The molecule has 1 aliphatic rings. The van der Waals surface area contributed by atoms with E-state index in [0.717, 1.165) is 16.8 Å². The van der Waals surface area contributed by atoms with Crippen LogP contribution < -0.4 is 15.8 Å². The smallest absolute Gasteiger partial charge is 0.369 e. The number of carbonyl (C=O) groups excluding carboxylic acids is 1. The van der Waals surface area contributed by atoms with Crippen LogP contribution in [-0.2, 0) is 15.6 Å². The minimum atomic E-state index is -4.31. The summed E-state index contributed by atoms with van der Waals surface area (Å²) in [5, 5.41) is 9.97. The molecule has 0 radical (unpaired) electrons. The van der Waals surface area contributed by atoms with Crippen molar-refractivity contribution in [3.63, 3.8) is 0 Å². The number of aromatic nitrogens is 4. The zero-order valence-electron chi connectivity index (χ0n) is 21.9. The molecule has 2 aromatic heterocycles. The van der Waals surface area contributed by atoms with Gasteiger partial charge in [0.05, 0.1) is 23.9 Å². The van der Waals surface area contributed by atoms with Crippen LogP contribution >= 0.6 is 0 Å². The molecule has 40 heavy (non-hydrogen) atoms. The predicted molar refractivity (Wildman–Crippen MR) is 144 cm³/mol. The van der Waals surface area contributed by atoms with Crippen molar-refractivity contribution < 1.29 is 22.2 Å². The van der Waals surface area contributed by atoms with Crippen LogP contribution in [-0.4, -0.2) is 80.3 Å². The van der Waals surface area contributed by atoms with Gasteiger partial charge in [-0.05, 0) is 43.7 Å². The molecule has 2 aromatic carbocycles. The van der Waals surface area contributed by atoms with E-state index in [1.54, 1.807) is 16.6 Å². The van der Waals surface area contributed by atoms with Gasteiger partial charge in [-0.3, -0.25) is 14.5 Å². The van der Waals surface area contributed by atoms with E-state index in [9.17, 15) is 27.0 Å². The second-order valence-corrected chi connectivity index (χ2v) is 11.2. The molecule has 10 nitrogen and oxygen atoms in total. The van der Waals surface area contributed by atoms with E-state index < -0.39 is 41.4 Å². The lowest BCUT2D eigenvalue weighted by Crippen LogP contribution is -2.49. The summed E-state index contributed by atoms with van der Waals surface area (Å²) in [5.74, 6) is -0.439. The maximum Gasteiger partial charge on any atom is 0.390 e. The van der Waals surface area contributed by atoms with Crippen LogP contribution in [0.2, 0.25) is 0 Å². The topological polar surface area (TPSA) is 116 Å². The molecule has 0 spiro atoms. The Morgan fingerprint density at radius 3 is 2.55 bits per heavy atom. The third-order valence-electron chi connectivity index (χ3n) is 6.86. The van der Waals surface area contributed by atoms with E-state index >= 15 is 0 Å². The molecule has 1 unspecified atom stereocenters. The second kappa shape index (κ2) is 11.0. The van der Waals surface area contributed by atoms with Crippen LogP contribution in [0.3, 0.4) is 0 Å². The van der Waals surface area contributed by atoms with Gasteiger partial charge in [0.15, 0.2) is 10.7 Å². The number of benzene rings is 2. The van der Waals surface area contributed by atoms with Gasteiger partial charge >= 0.3 is 6.18 Å². The fourth-order valence-electron chi connectivity index (χ4n) is 4.80. The quantitative estimate of drug-likeness (QED) is 0.348. The molecule has 2 N–H and O–H groups in total. The number of hydrogen-bond donors (Lipinski definition) is 2. The molecule has 1 saturated heterocycles. The summed E-state index contributed by atoms with van der Waals surface area (Å²) in [4.78, 5) is 33.7. The lowest BCUT2D eigenvalue weighted by Gasteiger charge is -2.35. The zero-order chi connectivity index (χ0) is 28.6. The normalized spacial score (nSPS) is 15.6. The van der Waals surface area contributed by atoms with Gasteiger partial charge in [-0.15, -0.1) is 5.10 Å². The van der Waals surface area contributed by atoms with E-state index in [2.05, 4.69) is 25.5 Å². The minimum absolute atomic E-state index is 0.0274. The van der Waals surface area contributed by atoms with Gasteiger partial charge in [0.2, 0.25) is 5.91 Å². The Labute approximate surface area is 229 Å². The number of hydrogen-bond acceptors (Lipinski definition) is 7. The van der Waals surface area contributed by atoms with Gasteiger partial charge in [0, 0.05) is 43.3 Å². The number of alkyl halides is 3. The Balaban J connectivity index is 1.33. The first kappa shape index (κ1) is 27.8. The first-order chi connectivity index (χ1) is 19.0. The number of fused-ring (bicyclic) bond motifs is 3. The summed E-state index contributed by atoms with van der Waals surface area (Å²) in [7, 11) is -1.66. The number of halogens is 3. The highest BCUT2D eigenvalue weighted by molar-refractivity contribution is 7.85. The zero-order valence-corrected chi connectivity index (χ0v) is 22.7. The molecular weight excluding hydrogens is 547 g/mol. The molecule has 0 saturated carbocycles. The summed E-state index contributed by atoms with van der Waals surface area (Å²) >= 11 is 0. The summed E-state index contributed by atoms with van der Waals surface area (Å²) in [6.07, 6.45) is -5.36. The van der Waals surface area contributed by atoms with Crippen molar-refractivity contribution in [2.75, 3.05) is 44.2 Å². The monoisotopic (exact) mass is 575 g/mol. The summed E-state index contributed by atoms with van der Waals surface area (Å²) in [5.41, 5.74) is 3.01. The van der Waals surface area contributed by atoms with Crippen LogP contribution in [0.4, 0.5) is 18.9 Å². The molecule has 3 heterocycles. The number of nitrogens with zero attached hydrogens (tertiary/aromatic N) is 5. The van der Waals surface area contributed by atoms with Crippen LogP contribution in [0.5, 0.6) is 0 Å². The third kappa shape index (κ3) is 5.87. The maximum atomic E-state index is 13.4. The van der Waals surface area contributed by atoms with Gasteiger partial charge < -0.3 is 10.2 Å². The average Bonchev–Trinajstić information content (AvgIpc) is 3.32. The van der Waals surface area contributed by atoms with Crippen LogP contribution in [0.1, 0.15) is 17.5 Å². The van der Waals surface area contributed by atoms with Gasteiger partial charge in [0.25, 0.3) is 5.56 Å². The van der Waals surface area contributed by atoms with E-state index in [4.69, 9.17) is 0 Å². The molecule has 0 bridgehead atoms. The van der Waals surface area contributed by atoms with Crippen molar-refractivity contribution >= 4 is 38.9 Å². The number of aromatic amines is 1. The first-order valence-corrected chi connectivity index (χ1v) is 13.9. The lowest BCUT2D eigenvalue weighted by molar-refractivity contribution is -0.135. The van der Waals surface area contributed by atoms with Gasteiger partial charge in [-0.25, -0.2) is 13.9 Å². The second-order valence-electron chi connectivity index (χ2n) is 9.81. The van der Waals surface area contributed by atoms with Crippen LogP contribution in [0.15, 0.2) is 51.1 Å². The van der Waals surface area contributed by atoms with Crippen molar-refractivity contribution in [2.24, 2.45) is 0 Å². The summed E-state index contributed by atoms with van der Waals surface area (Å²) in [6, 6.07) is 10.9. The minimum Gasteiger partial charge on any atom is -0.369 e. The highest BCUT2D eigenvalue weighted by Crippen LogP contribution is 2.25. The summed E-state index contributed by atoms with van der Waals surface area (Å²) in [6.45, 7) is 5.66. The molecule has 4 aromatic rings. The number of nitrogens with one attached hydrogen (secondary N) is 2. The Morgan fingerprint density at radius 2 is 1.85 bits per heavy atom. The average molecular weight is 576 g/mol. The molecule has 212 valence electrons. The molecule has 14 heteroatoms. The Bertz CT molecular complexity index is 1660. The Morgan fingerprint density at radius 1 is 1.10 bits per heavy atom. The van der Waals surface area contributed by atoms with Gasteiger partial charge in [0.1, 0.15) is 10.8 Å². The van der Waals surface area contributed by atoms with E-state index in [1.165, 1.54) is 0 Å². The predicted octanol–water partition coefficient (Wildman–Crippen LogP) is 2.54. The van der Waals surface area contributed by atoms with Crippen molar-refractivity contribution in [1.29, 1.82) is 0 Å². The number of H-pyrrole nitrogens is 1. The van der Waals surface area contributed by atoms with Crippen molar-refractivity contribution in [3.8, 4) is 0 Å². The Kier molecular flexibility index (Phi) is 7.64. The van der Waals surface area contributed by atoms with Gasteiger partial charge in [-0.2, -0.15) is 18.2 Å². The Hall–Kier alpha value is -3.78. The molecule has 1 atom stereocenters. The third-order valence-corrected chi connectivity index (χ3v) is 8.34. The molecule has 1 fully saturated rings. The highest BCUT2D eigenvalue weighted by atomic mass is 32.2. The molecular formula is C26H28F3N7O3S. The van der Waals surface area contributed by atoms with Crippen molar-refractivity contribution in [2.45, 2.75) is 36.4 Å². The molecule has 1 aliphatic heterocycles. The number of rotatable bonds is 7. The SMILES string of the molecule is Cc1ccc(S(=O)c2n[nH]n3c2nc(=O)c2ccc(N4CCN(CC(=O)NCCC(F)(F)F)CC4)cc23)c(C)c1. The fraction of sp³-hybridized carbons (Fsp3) is 0.385. The van der Waals surface area contributed by atoms with Crippen LogP contribution in [0.25, 0.3) is 16.6 Å².